The highest BCUT2D eigenvalue weighted by Crippen LogP contribution is 2.42. The minimum atomic E-state index is -1.75. The number of unbranched alkanes of at least 4 members (excludes halogenated alkanes) is 1. The lowest BCUT2D eigenvalue weighted by molar-refractivity contribution is -0.327. The molecule has 0 aliphatic carbocycles. The lowest BCUT2D eigenvalue weighted by Gasteiger charge is -2.53. The lowest BCUT2D eigenvalue weighted by atomic mass is 9.72. The molecule has 0 aromatic heterocycles. The second-order valence-corrected chi connectivity index (χ2v) is 14.3. The average molecular weight is 752 g/mol. The van der Waals surface area contributed by atoms with Gasteiger partial charge in [0.2, 0.25) is 11.7 Å². The molecule has 3 rings (SSSR count). The van der Waals surface area contributed by atoms with E-state index in [0.29, 0.717) is 19.3 Å². The molecule has 0 spiro atoms. The number of aliphatic hydroxyl groups excluding tert-OH is 2. The molecule has 2 amide bonds. The van der Waals surface area contributed by atoms with Crippen LogP contribution in [0.2, 0.25) is 0 Å². The van der Waals surface area contributed by atoms with Crippen LogP contribution in [0.1, 0.15) is 72.6 Å². The molecule has 17 heteroatoms. The van der Waals surface area contributed by atoms with Gasteiger partial charge < -0.3 is 61.1 Å². The number of methoxy groups -OCH3 is 1. The van der Waals surface area contributed by atoms with Gasteiger partial charge in [-0.2, -0.15) is 0 Å². The zero-order valence-corrected chi connectivity index (χ0v) is 31.2. The summed E-state index contributed by atoms with van der Waals surface area (Å²) >= 11 is 0. The van der Waals surface area contributed by atoms with Crippen molar-refractivity contribution in [3.8, 4) is 0 Å². The quantitative estimate of drug-likeness (QED) is 0.0252. The molecule has 0 bridgehead atoms. The Balaban J connectivity index is 1.51. The van der Waals surface area contributed by atoms with Crippen molar-refractivity contribution in [3.63, 3.8) is 0 Å². The topological polar surface area (TPSA) is 264 Å². The summed E-state index contributed by atoms with van der Waals surface area (Å²) in [5.74, 6) is -4.45. The number of amides is 2. The fourth-order valence-corrected chi connectivity index (χ4v) is 6.49. The summed E-state index contributed by atoms with van der Waals surface area (Å²) in [6.45, 7) is 11.3. The maximum atomic E-state index is 13.4. The average Bonchev–Trinajstić information content (AvgIpc) is 3.09. The van der Waals surface area contributed by atoms with Crippen LogP contribution in [0.3, 0.4) is 0 Å². The van der Waals surface area contributed by atoms with Crippen LogP contribution in [-0.4, -0.2) is 120 Å². The summed E-state index contributed by atoms with van der Waals surface area (Å²) in [6.07, 6.45) is 0.986. The van der Waals surface area contributed by atoms with E-state index in [4.69, 9.17) is 35.2 Å². The number of guanidine groups is 1. The van der Waals surface area contributed by atoms with Crippen LogP contribution in [0.15, 0.2) is 41.4 Å². The summed E-state index contributed by atoms with van der Waals surface area (Å²) < 4.78 is 29.2. The van der Waals surface area contributed by atoms with Crippen molar-refractivity contribution >= 4 is 29.5 Å². The molecular weight excluding hydrogens is 694 g/mol. The van der Waals surface area contributed by atoms with Gasteiger partial charge in [0.15, 0.2) is 18.3 Å². The van der Waals surface area contributed by atoms with Crippen LogP contribution >= 0.6 is 0 Å². The normalized spacial score (nSPS) is 31.0. The number of fused-ring (bicyclic) bond motifs is 1. The Morgan fingerprint density at radius 2 is 1.85 bits per heavy atom. The van der Waals surface area contributed by atoms with Crippen molar-refractivity contribution in [3.05, 3.63) is 36.5 Å². The summed E-state index contributed by atoms with van der Waals surface area (Å²) in [5, 5.41) is 36.9. The number of ketones is 1. The van der Waals surface area contributed by atoms with E-state index in [9.17, 15) is 34.5 Å². The molecule has 0 aromatic carbocycles. The minimum Gasteiger partial charge on any atom is -0.480 e. The first kappa shape index (κ1) is 43.7. The molecule has 0 aromatic rings. The largest absolute Gasteiger partial charge is 0.480 e. The van der Waals surface area contributed by atoms with Crippen LogP contribution in [0.25, 0.3) is 0 Å². The molecule has 53 heavy (non-hydrogen) atoms. The second-order valence-electron chi connectivity index (χ2n) is 14.3. The van der Waals surface area contributed by atoms with Crippen molar-refractivity contribution in [2.24, 2.45) is 27.8 Å². The highest BCUT2D eigenvalue weighted by atomic mass is 16.7. The van der Waals surface area contributed by atoms with Gasteiger partial charge in [-0.1, -0.05) is 51.2 Å². The highest BCUT2D eigenvalue weighted by molar-refractivity contribution is 5.91. The van der Waals surface area contributed by atoms with Gasteiger partial charge in [0.25, 0.3) is 5.91 Å². The number of ether oxygens (including phenoxy) is 5. The number of aliphatic imine (C=N–C) groups is 1. The van der Waals surface area contributed by atoms with E-state index in [1.165, 1.54) is 19.3 Å². The highest BCUT2D eigenvalue weighted by Gasteiger charge is 2.56. The molecule has 0 saturated carbocycles. The van der Waals surface area contributed by atoms with Crippen molar-refractivity contribution < 1.29 is 58.2 Å². The smallest absolute Gasteiger partial charge is 0.326 e. The Morgan fingerprint density at radius 3 is 2.49 bits per heavy atom. The SMILES string of the molecule is C=C1C[C@](OC)([C@H](O)C(=O)N[C@H]2OCO[C@H]3[C@@H]2O[C@H](CC(=O)CCC/C=C/C=C/C(=O)N[C@@H](CCCN=C(N)N)C(=O)O)C(C)(C)[C@@H]3O)O[C@H](C)[C@@H]1C. The van der Waals surface area contributed by atoms with Crippen LogP contribution in [0.5, 0.6) is 0 Å². The van der Waals surface area contributed by atoms with E-state index in [0.717, 1.165) is 5.57 Å². The van der Waals surface area contributed by atoms with Crippen molar-refractivity contribution in [2.75, 3.05) is 20.4 Å². The Bertz CT molecular complexity index is 1400. The number of carboxylic acid groups (broad SMARTS) is 1. The predicted octanol–water partition coefficient (Wildman–Crippen LogP) is 0.526. The maximum Gasteiger partial charge on any atom is 0.326 e. The van der Waals surface area contributed by atoms with E-state index in [1.807, 2.05) is 13.8 Å². The van der Waals surface area contributed by atoms with Crippen molar-refractivity contribution in [2.45, 2.75) is 127 Å². The number of nitrogens with one attached hydrogen (secondary N) is 2. The standard InChI is InChI=1S/C36H57N5O12/c1-20-18-36(49-6,53-22(3)21(20)2)30(45)31(46)41-32-28-27(50-19-51-32)29(44)35(4,5)25(52-28)17-23(42)13-10-8-7-9-11-15-26(43)40-24(33(47)48)14-12-16-39-34(37)38/h7,9,11,15,21-22,24-25,27-30,32,44-45H,1,8,10,12-14,16-19H2,2-6H3,(H,40,43)(H,41,46)(H,47,48)(H4,37,38,39)/b9-7+,15-11+/t21-,22-,24+,25-,27+,28+,29-,30-,32+,36-/m1/s1. The molecule has 0 radical (unpaired) electrons. The first-order chi connectivity index (χ1) is 24.9. The molecule has 9 N–H and O–H groups in total. The van der Waals surface area contributed by atoms with E-state index < -0.39 is 71.8 Å². The van der Waals surface area contributed by atoms with Gasteiger partial charge in [0.1, 0.15) is 30.8 Å². The molecular formula is C36H57N5O12. The van der Waals surface area contributed by atoms with E-state index in [-0.39, 0.29) is 62.8 Å². The van der Waals surface area contributed by atoms with Crippen molar-refractivity contribution in [1.82, 2.24) is 10.6 Å². The number of allylic oxidation sites excluding steroid dienone is 3. The number of rotatable bonds is 18. The first-order valence-electron chi connectivity index (χ1n) is 17.8. The zero-order chi connectivity index (χ0) is 39.5. The third-order valence-electron chi connectivity index (χ3n) is 10.2. The van der Waals surface area contributed by atoms with Gasteiger partial charge in [-0.05, 0) is 32.6 Å². The van der Waals surface area contributed by atoms with E-state index >= 15 is 0 Å². The minimum absolute atomic E-state index is 0.00522. The maximum absolute atomic E-state index is 13.4. The monoisotopic (exact) mass is 751 g/mol. The number of hydrogen-bond acceptors (Lipinski definition) is 12. The number of aliphatic carboxylic acids is 1. The van der Waals surface area contributed by atoms with Gasteiger partial charge in [0, 0.05) is 50.3 Å². The molecule has 3 saturated heterocycles. The van der Waals surface area contributed by atoms with Crippen LogP contribution in [0, 0.1) is 11.3 Å². The van der Waals surface area contributed by atoms with Gasteiger partial charge in [-0.3, -0.25) is 19.4 Å². The van der Waals surface area contributed by atoms with Gasteiger partial charge in [-0.15, -0.1) is 0 Å². The lowest BCUT2D eigenvalue weighted by Crippen LogP contribution is -2.69. The summed E-state index contributed by atoms with van der Waals surface area (Å²) in [7, 11) is 1.34. The van der Waals surface area contributed by atoms with Crippen LogP contribution in [0.4, 0.5) is 0 Å². The third-order valence-corrected chi connectivity index (χ3v) is 10.2. The number of carboxylic acids is 1. The molecule has 10 atom stereocenters. The van der Waals surface area contributed by atoms with Gasteiger partial charge in [-0.25, -0.2) is 4.79 Å². The first-order valence-corrected chi connectivity index (χ1v) is 17.8. The predicted molar refractivity (Wildman–Crippen MR) is 192 cm³/mol. The Labute approximate surface area is 310 Å². The van der Waals surface area contributed by atoms with Crippen LogP contribution < -0.4 is 22.1 Å². The second kappa shape index (κ2) is 19.6. The number of nitrogens with zero attached hydrogens (tertiary/aromatic N) is 1. The molecule has 298 valence electrons. The number of Topliss-reactive ketones (excluding diaryl/α,β-unsaturated/α-hetero) is 1. The molecule has 3 aliphatic heterocycles. The zero-order valence-electron chi connectivity index (χ0n) is 31.2. The third kappa shape index (κ3) is 11.6. The summed E-state index contributed by atoms with van der Waals surface area (Å²) in [6, 6.07) is -1.09. The molecule has 3 heterocycles. The van der Waals surface area contributed by atoms with E-state index in [2.05, 4.69) is 22.2 Å². The van der Waals surface area contributed by atoms with Crippen LogP contribution in [-0.2, 0) is 42.9 Å². The van der Waals surface area contributed by atoms with Crippen molar-refractivity contribution in [1.29, 1.82) is 0 Å². The number of aliphatic hydroxyl groups is 2. The Hall–Kier alpha value is -3.71. The number of carbonyl (C=O) groups excluding carboxylic acids is 3. The number of carbonyl (C=O) groups is 4. The molecule has 3 aliphatic rings. The summed E-state index contributed by atoms with van der Waals surface area (Å²) in [5.41, 5.74) is 10.4. The van der Waals surface area contributed by atoms with Gasteiger partial charge >= 0.3 is 5.97 Å². The van der Waals surface area contributed by atoms with Gasteiger partial charge in [0.05, 0.1) is 18.3 Å². The fraction of sp³-hybridized carbons (Fsp3) is 0.694. The molecule has 17 nitrogen and oxygen atoms in total. The Morgan fingerprint density at radius 1 is 1.13 bits per heavy atom. The molecule has 0 unspecified atom stereocenters. The van der Waals surface area contributed by atoms with E-state index in [1.54, 1.807) is 26.0 Å². The number of hydrogen-bond donors (Lipinski definition) is 7. The molecule has 3 fully saturated rings. The Kier molecular flexibility index (Phi) is 16.1. The fourth-order valence-electron chi connectivity index (χ4n) is 6.49. The summed E-state index contributed by atoms with van der Waals surface area (Å²) in [4.78, 5) is 53.9. The number of nitrogens with two attached hydrogens (primary N) is 2.